The number of thioether (sulfide) groups is 1. The van der Waals surface area contributed by atoms with Crippen LogP contribution in [0.1, 0.15) is 41.0 Å². The molecule has 1 amide bonds. The minimum Gasteiger partial charge on any atom is -0.480 e. The number of nitrogens with one attached hydrogen (secondary N) is 1. The smallest absolute Gasteiger partial charge is 0.323 e. The summed E-state index contributed by atoms with van der Waals surface area (Å²) in [7, 11) is 0. The van der Waals surface area contributed by atoms with Gasteiger partial charge in [-0.15, -0.1) is 23.1 Å². The fourth-order valence-corrected chi connectivity index (χ4v) is 7.19. The van der Waals surface area contributed by atoms with Gasteiger partial charge in [0.2, 0.25) is 5.91 Å². The van der Waals surface area contributed by atoms with Crippen LogP contribution in [0.4, 0.5) is 0 Å². The summed E-state index contributed by atoms with van der Waals surface area (Å²) in [6, 6.07) is 11.2. The summed E-state index contributed by atoms with van der Waals surface area (Å²) in [6.45, 7) is 2.02. The fraction of sp³-hybridized carbons (Fsp3) is 0.500. The molecule has 2 aromatic rings. The molecule has 35 heavy (non-hydrogen) atoms. The average molecular weight is 517 g/mol. The molecule has 7 nitrogen and oxygen atoms in total. The normalized spacial score (nSPS) is 21.4. The van der Waals surface area contributed by atoms with E-state index in [2.05, 4.69) is 29.6 Å². The van der Waals surface area contributed by atoms with Crippen LogP contribution in [-0.2, 0) is 32.0 Å². The van der Waals surface area contributed by atoms with E-state index >= 15 is 0 Å². The van der Waals surface area contributed by atoms with Gasteiger partial charge >= 0.3 is 11.9 Å². The maximum absolute atomic E-state index is 13.4. The van der Waals surface area contributed by atoms with Gasteiger partial charge in [0, 0.05) is 17.2 Å². The van der Waals surface area contributed by atoms with E-state index in [0.29, 0.717) is 24.6 Å². The number of fused-ring (bicyclic) bond motifs is 1. The zero-order chi connectivity index (χ0) is 24.8. The predicted molar refractivity (Wildman–Crippen MR) is 138 cm³/mol. The van der Waals surface area contributed by atoms with Gasteiger partial charge in [0.15, 0.2) is 0 Å². The van der Waals surface area contributed by atoms with E-state index in [0.717, 1.165) is 24.1 Å². The van der Waals surface area contributed by atoms with Gasteiger partial charge in [-0.2, -0.15) is 0 Å². The van der Waals surface area contributed by atoms with Crippen LogP contribution < -0.4 is 5.32 Å². The van der Waals surface area contributed by atoms with Crippen molar-refractivity contribution in [2.45, 2.75) is 49.9 Å². The van der Waals surface area contributed by atoms with Crippen LogP contribution in [0.2, 0.25) is 0 Å². The molecule has 0 bridgehead atoms. The van der Waals surface area contributed by atoms with E-state index in [1.54, 1.807) is 30.0 Å². The molecular weight excluding hydrogens is 484 g/mol. The zero-order valence-electron chi connectivity index (χ0n) is 19.9. The van der Waals surface area contributed by atoms with Crippen LogP contribution >= 0.6 is 23.1 Å². The molecule has 9 heteroatoms. The Bertz CT molecular complexity index is 1000. The number of carboxylic acid groups (broad SMARTS) is 1. The molecule has 0 radical (unpaired) electrons. The van der Waals surface area contributed by atoms with Crippen LogP contribution in [0, 0.1) is 5.92 Å². The summed E-state index contributed by atoms with van der Waals surface area (Å²) < 4.78 is 5.33. The minimum atomic E-state index is -1.04. The minimum absolute atomic E-state index is 0.00290. The predicted octanol–water partition coefficient (Wildman–Crippen LogP) is 3.53. The van der Waals surface area contributed by atoms with Gasteiger partial charge in [0.1, 0.15) is 12.6 Å². The topological polar surface area (TPSA) is 95.9 Å². The SMILES string of the molecule is CCOC(=O)C(CCC1Cc2ccccc2C1)NC1CSC(c2cccs2)CN(CC(=O)O)C1=O. The van der Waals surface area contributed by atoms with Crippen LogP contribution in [-0.4, -0.2) is 65.4 Å². The molecule has 1 fully saturated rings. The lowest BCUT2D eigenvalue weighted by Gasteiger charge is -2.27. The standard InChI is InChI=1S/C26H32N2O5S2/c1-2-33-26(32)20(10-9-17-12-18-6-3-4-7-19(18)13-17)27-21-16-35-23(22-8-5-11-34-22)14-28(25(21)31)15-24(29)30/h3-8,11,17,20-21,23,27H,2,9-10,12-16H2,1H3,(H,29,30). The number of amides is 1. The molecule has 0 saturated carbocycles. The first-order valence-electron chi connectivity index (χ1n) is 12.1. The zero-order valence-corrected chi connectivity index (χ0v) is 21.5. The number of carbonyl (C=O) groups is 3. The highest BCUT2D eigenvalue weighted by atomic mass is 32.2. The Morgan fingerprint density at radius 3 is 2.57 bits per heavy atom. The molecule has 1 saturated heterocycles. The molecule has 0 spiro atoms. The molecular formula is C26H32N2O5S2. The number of rotatable bonds is 10. The number of nitrogens with zero attached hydrogens (tertiary/aromatic N) is 1. The third-order valence-electron chi connectivity index (χ3n) is 6.62. The molecule has 4 rings (SSSR count). The summed E-state index contributed by atoms with van der Waals surface area (Å²) in [5, 5.41) is 14.7. The van der Waals surface area contributed by atoms with E-state index in [-0.39, 0.29) is 30.3 Å². The van der Waals surface area contributed by atoms with Crippen molar-refractivity contribution in [2.75, 3.05) is 25.4 Å². The number of esters is 1. The van der Waals surface area contributed by atoms with Crippen molar-refractivity contribution in [2.24, 2.45) is 5.92 Å². The highest BCUT2D eigenvalue weighted by molar-refractivity contribution is 7.99. The van der Waals surface area contributed by atoms with E-state index in [1.807, 2.05) is 17.5 Å². The van der Waals surface area contributed by atoms with Gasteiger partial charge in [-0.05, 0) is 61.1 Å². The summed E-state index contributed by atoms with van der Waals surface area (Å²) >= 11 is 3.23. The number of hydrogen-bond donors (Lipinski definition) is 2. The number of thiophene rings is 1. The first-order valence-corrected chi connectivity index (χ1v) is 14.0. The second-order valence-corrected chi connectivity index (χ2v) is 11.3. The van der Waals surface area contributed by atoms with Crippen molar-refractivity contribution in [3.8, 4) is 0 Å². The van der Waals surface area contributed by atoms with Crippen LogP contribution in [0.25, 0.3) is 0 Å². The number of carboxylic acids is 1. The first-order chi connectivity index (χ1) is 16.9. The highest BCUT2D eigenvalue weighted by Crippen LogP contribution is 2.36. The van der Waals surface area contributed by atoms with Crippen LogP contribution in [0.5, 0.6) is 0 Å². The lowest BCUT2D eigenvalue weighted by Crippen LogP contribution is -2.53. The summed E-state index contributed by atoms with van der Waals surface area (Å²) in [5.74, 6) is -0.762. The second kappa shape index (κ2) is 12.1. The second-order valence-electron chi connectivity index (χ2n) is 9.09. The van der Waals surface area contributed by atoms with Gasteiger partial charge in [-0.1, -0.05) is 30.3 Å². The Balaban J connectivity index is 1.45. The molecule has 2 heterocycles. The molecule has 1 aliphatic carbocycles. The number of carbonyl (C=O) groups excluding carboxylic acids is 2. The third-order valence-corrected chi connectivity index (χ3v) is 9.09. The summed E-state index contributed by atoms with van der Waals surface area (Å²) in [5.41, 5.74) is 2.75. The number of benzene rings is 1. The van der Waals surface area contributed by atoms with Crippen molar-refractivity contribution < 1.29 is 24.2 Å². The Kier molecular flexibility index (Phi) is 8.86. The number of ether oxygens (including phenoxy) is 1. The van der Waals surface area contributed by atoms with Crippen molar-refractivity contribution in [1.29, 1.82) is 0 Å². The highest BCUT2D eigenvalue weighted by Gasteiger charge is 2.36. The molecule has 1 aliphatic heterocycles. The Labute approximate surface area is 214 Å². The van der Waals surface area contributed by atoms with E-state index < -0.39 is 18.1 Å². The Hall–Kier alpha value is -2.36. The summed E-state index contributed by atoms with van der Waals surface area (Å²) in [4.78, 5) is 40.2. The quantitative estimate of drug-likeness (QED) is 0.467. The van der Waals surface area contributed by atoms with E-state index in [1.165, 1.54) is 16.0 Å². The summed E-state index contributed by atoms with van der Waals surface area (Å²) in [6.07, 6.45) is 3.41. The number of hydrogen-bond acceptors (Lipinski definition) is 7. The van der Waals surface area contributed by atoms with Crippen molar-refractivity contribution in [3.63, 3.8) is 0 Å². The third kappa shape index (κ3) is 6.65. The Morgan fingerprint density at radius 1 is 1.20 bits per heavy atom. The monoisotopic (exact) mass is 516 g/mol. The largest absolute Gasteiger partial charge is 0.480 e. The lowest BCUT2D eigenvalue weighted by molar-refractivity contribution is -0.148. The molecule has 1 aromatic heterocycles. The van der Waals surface area contributed by atoms with Crippen LogP contribution in [0.3, 0.4) is 0 Å². The Morgan fingerprint density at radius 2 is 1.94 bits per heavy atom. The van der Waals surface area contributed by atoms with Crippen molar-refractivity contribution >= 4 is 40.9 Å². The van der Waals surface area contributed by atoms with Crippen LogP contribution in [0.15, 0.2) is 41.8 Å². The average Bonchev–Trinajstić information content (AvgIpc) is 3.48. The van der Waals surface area contributed by atoms with Gasteiger partial charge in [0.25, 0.3) is 0 Å². The maximum Gasteiger partial charge on any atom is 0.323 e. The van der Waals surface area contributed by atoms with Crippen molar-refractivity contribution in [3.05, 3.63) is 57.8 Å². The maximum atomic E-state index is 13.4. The van der Waals surface area contributed by atoms with Gasteiger partial charge in [-0.25, -0.2) is 0 Å². The lowest BCUT2D eigenvalue weighted by atomic mass is 9.96. The van der Waals surface area contributed by atoms with Gasteiger partial charge < -0.3 is 14.7 Å². The molecule has 3 atom stereocenters. The molecule has 2 N–H and O–H groups in total. The molecule has 2 aliphatic rings. The molecule has 188 valence electrons. The fourth-order valence-electron chi connectivity index (χ4n) is 4.93. The van der Waals surface area contributed by atoms with Crippen molar-refractivity contribution in [1.82, 2.24) is 10.2 Å². The van der Waals surface area contributed by atoms with E-state index in [4.69, 9.17) is 4.74 Å². The van der Waals surface area contributed by atoms with Gasteiger partial charge in [-0.3, -0.25) is 19.7 Å². The van der Waals surface area contributed by atoms with Gasteiger partial charge in [0.05, 0.1) is 17.9 Å². The molecule has 1 aromatic carbocycles. The van der Waals surface area contributed by atoms with E-state index in [9.17, 15) is 19.5 Å². The first kappa shape index (κ1) is 25.7. The molecule has 3 unspecified atom stereocenters. The number of aliphatic carboxylic acids is 1.